The zero-order chi connectivity index (χ0) is 9.56. The van der Waals surface area contributed by atoms with E-state index in [1.54, 1.807) is 0 Å². The van der Waals surface area contributed by atoms with Crippen molar-refractivity contribution in [1.29, 1.82) is 0 Å². The van der Waals surface area contributed by atoms with Gasteiger partial charge in [0.15, 0.2) is 0 Å². The van der Waals surface area contributed by atoms with Crippen LogP contribution in [0.5, 0.6) is 0 Å². The van der Waals surface area contributed by atoms with Crippen molar-refractivity contribution in [2.45, 2.75) is 52.7 Å². The van der Waals surface area contributed by atoms with Crippen molar-refractivity contribution in [1.82, 2.24) is 0 Å². The highest BCUT2D eigenvalue weighted by Crippen LogP contribution is 2.07. The van der Waals surface area contributed by atoms with Crippen LogP contribution in [0.1, 0.15) is 40.5 Å². The molecule has 0 aliphatic heterocycles. The zero-order valence-corrected chi connectivity index (χ0v) is 8.50. The molecule has 0 aliphatic carbocycles. The van der Waals surface area contributed by atoms with E-state index in [2.05, 4.69) is 11.8 Å². The molecule has 0 heterocycles. The van der Waals surface area contributed by atoms with E-state index in [0.29, 0.717) is 0 Å². The first kappa shape index (κ1) is 11.7. The lowest BCUT2D eigenvalue weighted by atomic mass is 10.1. The molecule has 0 rings (SSSR count). The average molecular weight is 167 g/mol. The molecule has 2 nitrogen and oxygen atoms in total. The SMILES string of the molecule is [B]N=C(CC)C(CC)OC(C)C. The fourth-order valence-corrected chi connectivity index (χ4v) is 1.14. The highest BCUT2D eigenvalue weighted by Gasteiger charge is 2.12. The fraction of sp³-hybridized carbons (Fsp3) is 0.889. The second-order valence-electron chi connectivity index (χ2n) is 3.06. The number of hydrogen-bond acceptors (Lipinski definition) is 2. The summed E-state index contributed by atoms with van der Waals surface area (Å²) in [5, 5.41) is 0. The third kappa shape index (κ3) is 3.91. The molecule has 1 unspecified atom stereocenters. The van der Waals surface area contributed by atoms with E-state index in [9.17, 15) is 0 Å². The van der Waals surface area contributed by atoms with Gasteiger partial charge in [0.25, 0.3) is 7.98 Å². The van der Waals surface area contributed by atoms with Crippen molar-refractivity contribution in [2.75, 3.05) is 0 Å². The molecule has 3 heteroatoms. The van der Waals surface area contributed by atoms with Gasteiger partial charge in [0, 0.05) is 5.71 Å². The summed E-state index contributed by atoms with van der Waals surface area (Å²) in [6.07, 6.45) is 2.13. The van der Waals surface area contributed by atoms with Gasteiger partial charge in [0.1, 0.15) is 0 Å². The second kappa shape index (κ2) is 6.24. The highest BCUT2D eigenvalue weighted by molar-refractivity contribution is 6.13. The lowest BCUT2D eigenvalue weighted by molar-refractivity contribution is 0.0439. The Kier molecular flexibility index (Phi) is 6.08. The molecule has 12 heavy (non-hydrogen) atoms. The van der Waals surface area contributed by atoms with Crippen LogP contribution in [0.25, 0.3) is 0 Å². The van der Waals surface area contributed by atoms with Crippen LogP contribution in [0, 0.1) is 0 Å². The molecule has 0 aliphatic rings. The molecule has 0 saturated heterocycles. The monoisotopic (exact) mass is 167 g/mol. The quantitative estimate of drug-likeness (QED) is 0.454. The Morgan fingerprint density at radius 1 is 1.42 bits per heavy atom. The standard InChI is InChI=1S/C9H18BNO/c1-5-8(11-10)9(6-2)12-7(3)4/h7,9H,5-6H2,1-4H3. The number of ether oxygens (including phenoxy) is 1. The summed E-state index contributed by atoms with van der Waals surface area (Å²) in [5.74, 6) is 0. The van der Waals surface area contributed by atoms with E-state index in [-0.39, 0.29) is 12.2 Å². The van der Waals surface area contributed by atoms with Crippen molar-refractivity contribution >= 4 is 13.7 Å². The number of rotatable bonds is 5. The third-order valence-electron chi connectivity index (χ3n) is 1.71. The lowest BCUT2D eigenvalue weighted by Crippen LogP contribution is -2.26. The average Bonchev–Trinajstić information content (AvgIpc) is 2.04. The van der Waals surface area contributed by atoms with Crippen molar-refractivity contribution in [2.24, 2.45) is 4.90 Å². The molecular formula is C9H18BNO. The van der Waals surface area contributed by atoms with Gasteiger partial charge in [-0.3, -0.25) is 0 Å². The largest absolute Gasteiger partial charge is 0.370 e. The van der Waals surface area contributed by atoms with E-state index in [4.69, 9.17) is 12.7 Å². The first-order valence-corrected chi connectivity index (χ1v) is 4.57. The van der Waals surface area contributed by atoms with Gasteiger partial charge in [-0.25, -0.2) is 0 Å². The summed E-state index contributed by atoms with van der Waals surface area (Å²) in [7, 11) is 5.24. The van der Waals surface area contributed by atoms with Crippen molar-refractivity contribution in [3.05, 3.63) is 0 Å². The molecule has 0 saturated carbocycles. The normalized spacial score (nSPS) is 15.2. The van der Waals surface area contributed by atoms with Gasteiger partial charge < -0.3 is 9.64 Å². The smallest absolute Gasteiger partial charge is 0.259 e. The van der Waals surface area contributed by atoms with Crippen LogP contribution < -0.4 is 0 Å². The van der Waals surface area contributed by atoms with E-state index in [1.165, 1.54) is 0 Å². The molecular weight excluding hydrogens is 149 g/mol. The Morgan fingerprint density at radius 3 is 2.25 bits per heavy atom. The highest BCUT2D eigenvalue weighted by atomic mass is 16.5. The van der Waals surface area contributed by atoms with Gasteiger partial charge in [-0.2, -0.15) is 0 Å². The summed E-state index contributed by atoms with van der Waals surface area (Å²) in [4.78, 5) is 3.72. The minimum atomic E-state index is 0.0972. The maximum atomic E-state index is 5.63. The van der Waals surface area contributed by atoms with Crippen molar-refractivity contribution < 1.29 is 4.74 Å². The molecule has 0 aromatic heterocycles. The van der Waals surface area contributed by atoms with Crippen LogP contribution in [0.15, 0.2) is 4.90 Å². The Hall–Kier alpha value is -0.305. The molecule has 0 bridgehead atoms. The van der Waals surface area contributed by atoms with Crippen molar-refractivity contribution in [3.8, 4) is 0 Å². The predicted octanol–water partition coefficient (Wildman–Crippen LogP) is 2.12. The molecule has 0 aromatic rings. The van der Waals surface area contributed by atoms with Gasteiger partial charge in [-0.05, 0) is 26.7 Å². The van der Waals surface area contributed by atoms with Crippen LogP contribution in [0.4, 0.5) is 0 Å². The maximum Gasteiger partial charge on any atom is 0.259 e. The molecule has 0 fully saturated rings. The van der Waals surface area contributed by atoms with E-state index < -0.39 is 0 Å². The molecule has 0 spiro atoms. The Balaban J connectivity index is 4.12. The molecule has 0 amide bonds. The van der Waals surface area contributed by atoms with Crippen LogP contribution >= 0.6 is 0 Å². The van der Waals surface area contributed by atoms with Gasteiger partial charge in [0.2, 0.25) is 0 Å². The molecule has 1 atom stereocenters. The maximum absolute atomic E-state index is 5.63. The van der Waals surface area contributed by atoms with Gasteiger partial charge in [-0.15, -0.1) is 0 Å². The summed E-state index contributed by atoms with van der Waals surface area (Å²) in [6.45, 7) is 8.16. The Labute approximate surface area is 76.8 Å². The Bertz CT molecular complexity index is 145. The first-order chi connectivity index (χ1) is 5.65. The minimum Gasteiger partial charge on any atom is -0.370 e. The summed E-state index contributed by atoms with van der Waals surface area (Å²) < 4.78 is 5.63. The molecule has 2 radical (unpaired) electrons. The Morgan fingerprint density at radius 2 is 2.00 bits per heavy atom. The van der Waals surface area contributed by atoms with Crippen LogP contribution in [0.3, 0.4) is 0 Å². The lowest BCUT2D eigenvalue weighted by Gasteiger charge is -2.20. The zero-order valence-electron chi connectivity index (χ0n) is 8.50. The summed E-state index contributed by atoms with van der Waals surface area (Å²) in [6, 6.07) is 0. The minimum absolute atomic E-state index is 0.0972. The van der Waals surface area contributed by atoms with Crippen molar-refractivity contribution in [3.63, 3.8) is 0 Å². The topological polar surface area (TPSA) is 21.6 Å². The van der Waals surface area contributed by atoms with Crippen LogP contribution in [-0.4, -0.2) is 25.9 Å². The molecule has 0 N–H and O–H groups in total. The summed E-state index contributed by atoms with van der Waals surface area (Å²) in [5.41, 5.74) is 0.950. The summed E-state index contributed by atoms with van der Waals surface area (Å²) >= 11 is 0. The van der Waals surface area contributed by atoms with E-state index >= 15 is 0 Å². The molecule has 0 aromatic carbocycles. The van der Waals surface area contributed by atoms with Crippen LogP contribution in [0.2, 0.25) is 0 Å². The predicted molar refractivity (Wildman–Crippen MR) is 53.8 cm³/mol. The second-order valence-corrected chi connectivity index (χ2v) is 3.06. The van der Waals surface area contributed by atoms with Gasteiger partial charge in [0.05, 0.1) is 12.2 Å². The van der Waals surface area contributed by atoms with Gasteiger partial charge >= 0.3 is 0 Å². The first-order valence-electron chi connectivity index (χ1n) is 4.57. The number of hydrogen-bond donors (Lipinski definition) is 0. The molecule has 68 valence electrons. The third-order valence-corrected chi connectivity index (χ3v) is 1.71. The van der Waals surface area contributed by atoms with E-state index in [0.717, 1.165) is 18.6 Å². The number of nitrogens with zero attached hydrogens (tertiary/aromatic N) is 1. The van der Waals surface area contributed by atoms with E-state index in [1.807, 2.05) is 20.8 Å². The van der Waals surface area contributed by atoms with Crippen LogP contribution in [-0.2, 0) is 4.74 Å². The van der Waals surface area contributed by atoms with Gasteiger partial charge in [-0.1, -0.05) is 13.8 Å². The fourth-order valence-electron chi connectivity index (χ4n) is 1.14.